The van der Waals surface area contributed by atoms with E-state index in [0.717, 1.165) is 43.2 Å². The molecule has 0 radical (unpaired) electrons. The molecule has 0 unspecified atom stereocenters. The second-order valence-electron chi connectivity index (χ2n) is 6.89. The topological polar surface area (TPSA) is 45.2 Å². The van der Waals surface area contributed by atoms with Crippen LogP contribution in [0, 0.1) is 18.8 Å². The van der Waals surface area contributed by atoms with Crippen LogP contribution in [-0.4, -0.2) is 42.0 Å². The molecule has 4 nitrogen and oxygen atoms in total. The smallest absolute Gasteiger partial charge is 0.337 e. The zero-order valence-electron chi connectivity index (χ0n) is 14.1. The Morgan fingerprint density at radius 3 is 2.38 bits per heavy atom. The number of amides is 1. The predicted octanol–water partition coefficient (Wildman–Crippen LogP) is 3.43. The van der Waals surface area contributed by atoms with Crippen LogP contribution in [0.5, 0.6) is 0 Å². The second kappa shape index (κ2) is 6.35. The molecule has 2 atom stereocenters. The van der Waals surface area contributed by atoms with E-state index in [1.165, 1.54) is 23.5 Å². The number of nitrogens with one attached hydrogen (secondary N) is 1. The van der Waals surface area contributed by atoms with E-state index in [2.05, 4.69) is 10.3 Å². The molecule has 0 bridgehead atoms. The summed E-state index contributed by atoms with van der Waals surface area (Å²) in [7, 11) is 0. The largest absolute Gasteiger partial charge is 0.416 e. The first kappa shape index (κ1) is 17.5. The Morgan fingerprint density at radius 1 is 1.19 bits per heavy atom. The van der Waals surface area contributed by atoms with Gasteiger partial charge in [-0.15, -0.1) is 11.3 Å². The summed E-state index contributed by atoms with van der Waals surface area (Å²) in [6.45, 7) is 5.20. The summed E-state index contributed by atoms with van der Waals surface area (Å²) in [5, 5.41) is 3.91. The van der Waals surface area contributed by atoms with Gasteiger partial charge in [0.25, 0.3) is 5.91 Å². The number of carbonyl (C=O) groups excluding carboxylic acids is 1. The number of hydrogen-bond donors (Lipinski definition) is 1. The van der Waals surface area contributed by atoms with Crippen molar-refractivity contribution in [2.45, 2.75) is 13.1 Å². The maximum atomic E-state index is 12.8. The minimum atomic E-state index is -4.36. The first-order valence-electron chi connectivity index (χ1n) is 8.48. The van der Waals surface area contributed by atoms with Crippen LogP contribution >= 0.6 is 11.3 Å². The Morgan fingerprint density at radius 2 is 1.81 bits per heavy atom. The maximum Gasteiger partial charge on any atom is 0.416 e. The van der Waals surface area contributed by atoms with E-state index in [0.29, 0.717) is 28.1 Å². The van der Waals surface area contributed by atoms with Crippen molar-refractivity contribution < 1.29 is 18.0 Å². The molecule has 1 N–H and O–H groups in total. The fourth-order valence-corrected chi connectivity index (χ4v) is 4.60. The fraction of sp³-hybridized carbons (Fsp3) is 0.444. The standard InChI is InChI=1S/C18H18F3N3OS/c1-10-15(17(25)24-8-12-6-22-7-13(12)9-24)23-16(26-10)11-2-4-14(5-3-11)18(19,20)21/h2-5,12-13,22H,6-9H2,1H3/t12-,13+. The van der Waals surface area contributed by atoms with Crippen molar-refractivity contribution in [3.8, 4) is 10.6 Å². The minimum Gasteiger partial charge on any atom is -0.337 e. The summed E-state index contributed by atoms with van der Waals surface area (Å²) < 4.78 is 38.1. The Balaban J connectivity index is 1.55. The van der Waals surface area contributed by atoms with Crippen LogP contribution in [0.3, 0.4) is 0 Å². The Labute approximate surface area is 153 Å². The molecule has 4 rings (SSSR count). The van der Waals surface area contributed by atoms with Gasteiger partial charge in [0.05, 0.1) is 5.56 Å². The molecule has 3 heterocycles. The molecule has 2 aliphatic rings. The number of aryl methyl sites for hydroxylation is 1. The molecule has 0 aliphatic carbocycles. The highest BCUT2D eigenvalue weighted by Gasteiger charge is 2.39. The third-order valence-corrected chi connectivity index (χ3v) is 6.15. The summed E-state index contributed by atoms with van der Waals surface area (Å²) in [5.41, 5.74) is 0.313. The quantitative estimate of drug-likeness (QED) is 0.867. The number of carbonyl (C=O) groups is 1. The number of likely N-dealkylation sites (tertiary alicyclic amines) is 1. The van der Waals surface area contributed by atoms with Crippen molar-refractivity contribution >= 4 is 17.2 Å². The third-order valence-electron chi connectivity index (χ3n) is 5.14. The van der Waals surface area contributed by atoms with Gasteiger partial charge in [-0.3, -0.25) is 4.79 Å². The summed E-state index contributed by atoms with van der Waals surface area (Å²) in [6.07, 6.45) is -4.36. The highest BCUT2D eigenvalue weighted by atomic mass is 32.1. The molecule has 1 aromatic heterocycles. The Kier molecular flexibility index (Phi) is 4.27. The van der Waals surface area contributed by atoms with Gasteiger partial charge in [-0.2, -0.15) is 13.2 Å². The number of halogens is 3. The molecule has 2 aromatic rings. The van der Waals surface area contributed by atoms with Crippen molar-refractivity contribution in [1.29, 1.82) is 0 Å². The molecule has 1 aromatic carbocycles. The van der Waals surface area contributed by atoms with E-state index in [1.807, 2.05) is 11.8 Å². The van der Waals surface area contributed by atoms with Gasteiger partial charge in [-0.05, 0) is 30.9 Å². The average molecular weight is 381 g/mol. The van der Waals surface area contributed by atoms with Gasteiger partial charge in [0, 0.05) is 36.6 Å². The normalized spacial score (nSPS) is 22.7. The minimum absolute atomic E-state index is 0.0775. The molecule has 8 heteroatoms. The van der Waals surface area contributed by atoms with Crippen molar-refractivity contribution in [3.05, 3.63) is 40.4 Å². The third kappa shape index (κ3) is 3.12. The molecular weight excluding hydrogens is 363 g/mol. The van der Waals surface area contributed by atoms with Crippen molar-refractivity contribution in [2.75, 3.05) is 26.2 Å². The highest BCUT2D eigenvalue weighted by molar-refractivity contribution is 7.15. The molecule has 138 valence electrons. The summed E-state index contributed by atoms with van der Waals surface area (Å²) in [4.78, 5) is 19.9. The van der Waals surface area contributed by atoms with Gasteiger partial charge in [-0.25, -0.2) is 4.98 Å². The summed E-state index contributed by atoms with van der Waals surface area (Å²) in [6, 6.07) is 4.90. The first-order valence-corrected chi connectivity index (χ1v) is 9.29. The van der Waals surface area contributed by atoms with Crippen LogP contribution in [0.15, 0.2) is 24.3 Å². The van der Waals surface area contributed by atoms with Crippen LogP contribution in [0.1, 0.15) is 20.9 Å². The number of thiazole rings is 1. The predicted molar refractivity (Wildman–Crippen MR) is 93.0 cm³/mol. The van der Waals surface area contributed by atoms with Crippen LogP contribution < -0.4 is 5.32 Å². The molecule has 0 saturated carbocycles. The number of rotatable bonds is 2. The lowest BCUT2D eigenvalue weighted by Crippen LogP contribution is -2.32. The second-order valence-corrected chi connectivity index (χ2v) is 8.09. The Bertz CT molecular complexity index is 819. The summed E-state index contributed by atoms with van der Waals surface area (Å²) >= 11 is 1.34. The molecule has 0 spiro atoms. The number of benzene rings is 1. The lowest BCUT2D eigenvalue weighted by Gasteiger charge is -2.16. The van der Waals surface area contributed by atoms with Crippen LogP contribution in [0.4, 0.5) is 13.2 Å². The number of aromatic nitrogens is 1. The van der Waals surface area contributed by atoms with Gasteiger partial charge in [0.15, 0.2) is 0 Å². The van der Waals surface area contributed by atoms with E-state index in [-0.39, 0.29) is 5.91 Å². The van der Waals surface area contributed by atoms with Gasteiger partial charge in [0.1, 0.15) is 10.7 Å². The average Bonchev–Trinajstić information content (AvgIpc) is 3.27. The van der Waals surface area contributed by atoms with Crippen LogP contribution in [-0.2, 0) is 6.18 Å². The monoisotopic (exact) mass is 381 g/mol. The van der Waals surface area contributed by atoms with Gasteiger partial charge < -0.3 is 10.2 Å². The van der Waals surface area contributed by atoms with E-state index in [4.69, 9.17) is 0 Å². The van der Waals surface area contributed by atoms with E-state index in [1.54, 1.807) is 0 Å². The van der Waals surface area contributed by atoms with Gasteiger partial charge >= 0.3 is 6.18 Å². The summed E-state index contributed by atoms with van der Waals surface area (Å²) in [5.74, 6) is 0.936. The number of alkyl halides is 3. The number of fused-ring (bicyclic) bond motifs is 1. The number of nitrogens with zero attached hydrogens (tertiary/aromatic N) is 2. The van der Waals surface area contributed by atoms with E-state index in [9.17, 15) is 18.0 Å². The molecular formula is C18H18F3N3OS. The molecule has 26 heavy (non-hydrogen) atoms. The van der Waals surface area contributed by atoms with Crippen LogP contribution in [0.25, 0.3) is 10.6 Å². The molecule has 2 saturated heterocycles. The van der Waals surface area contributed by atoms with Crippen LogP contribution in [0.2, 0.25) is 0 Å². The first-order chi connectivity index (χ1) is 12.3. The van der Waals surface area contributed by atoms with Gasteiger partial charge in [-0.1, -0.05) is 12.1 Å². The molecule has 1 amide bonds. The fourth-order valence-electron chi connectivity index (χ4n) is 3.69. The lowest BCUT2D eigenvalue weighted by molar-refractivity contribution is -0.137. The highest BCUT2D eigenvalue weighted by Crippen LogP contribution is 2.34. The van der Waals surface area contributed by atoms with E-state index < -0.39 is 11.7 Å². The van der Waals surface area contributed by atoms with E-state index >= 15 is 0 Å². The molecule has 2 aliphatic heterocycles. The van der Waals surface area contributed by atoms with Crippen molar-refractivity contribution in [2.24, 2.45) is 11.8 Å². The SMILES string of the molecule is Cc1sc(-c2ccc(C(F)(F)F)cc2)nc1C(=O)N1C[C@H]2CNC[C@H]2C1. The zero-order valence-corrected chi connectivity index (χ0v) is 15.0. The lowest BCUT2D eigenvalue weighted by atomic mass is 10.0. The maximum absolute atomic E-state index is 12.8. The van der Waals surface area contributed by atoms with Crippen molar-refractivity contribution in [3.63, 3.8) is 0 Å². The molecule has 2 fully saturated rings. The zero-order chi connectivity index (χ0) is 18.5. The number of hydrogen-bond acceptors (Lipinski definition) is 4. The Hall–Kier alpha value is -1.93. The van der Waals surface area contributed by atoms with Gasteiger partial charge in [0.2, 0.25) is 0 Å². The van der Waals surface area contributed by atoms with Crippen molar-refractivity contribution in [1.82, 2.24) is 15.2 Å².